The molecule has 1 aliphatic carbocycles. The van der Waals surface area contributed by atoms with Crippen molar-refractivity contribution in [1.82, 2.24) is 16.0 Å². The zero-order chi connectivity index (χ0) is 25.2. The average Bonchev–Trinajstić information content (AvgIpc) is 3.16. The Labute approximate surface area is 200 Å². The van der Waals surface area contributed by atoms with Crippen LogP contribution in [0.2, 0.25) is 0 Å². The first-order valence-electron chi connectivity index (χ1n) is 11.7. The predicted molar refractivity (Wildman–Crippen MR) is 128 cm³/mol. The lowest BCUT2D eigenvalue weighted by Gasteiger charge is -2.28. The number of aliphatic hydroxyl groups excluding tert-OH is 1. The van der Waals surface area contributed by atoms with Crippen LogP contribution in [0.25, 0.3) is 0 Å². The van der Waals surface area contributed by atoms with Gasteiger partial charge in [0.1, 0.15) is 11.6 Å². The van der Waals surface area contributed by atoms with Crippen molar-refractivity contribution >= 4 is 17.9 Å². The van der Waals surface area contributed by atoms with E-state index in [1.165, 1.54) is 0 Å². The van der Waals surface area contributed by atoms with Crippen molar-refractivity contribution in [3.8, 4) is 0 Å². The van der Waals surface area contributed by atoms with E-state index in [1.807, 2.05) is 53.4 Å². The summed E-state index contributed by atoms with van der Waals surface area (Å²) in [6.45, 7) is 13.5. The van der Waals surface area contributed by atoms with Gasteiger partial charge >= 0.3 is 6.09 Å². The van der Waals surface area contributed by atoms with Gasteiger partial charge in [-0.2, -0.15) is 0 Å². The average molecular weight is 465 g/mol. The van der Waals surface area contributed by atoms with Gasteiger partial charge in [-0.3, -0.25) is 9.59 Å². The minimum Gasteiger partial charge on any atom is -0.444 e. The molecule has 3 atom stereocenters. The Morgan fingerprint density at radius 1 is 0.970 bits per heavy atom. The van der Waals surface area contributed by atoms with Gasteiger partial charge in [-0.25, -0.2) is 4.79 Å². The minimum atomic E-state index is -1.12. The van der Waals surface area contributed by atoms with E-state index >= 15 is 0 Å². The highest BCUT2D eigenvalue weighted by molar-refractivity contribution is 5.88. The van der Waals surface area contributed by atoms with Crippen LogP contribution in [0.3, 0.4) is 0 Å². The summed E-state index contributed by atoms with van der Waals surface area (Å²) in [6, 6.07) is -1.36. The molecule has 187 valence electrons. The van der Waals surface area contributed by atoms with Crippen LogP contribution in [0.5, 0.6) is 0 Å². The SMILES string of the molecule is CC(C)C[C@H](NC(=O)C[C@H](O)[C@H](CC(C)C)NC(=O)OC(C)(C)C)C(=O)NC[C]1[CH][CH][CH][CH]1. The highest BCUT2D eigenvalue weighted by Gasteiger charge is 2.29. The van der Waals surface area contributed by atoms with Gasteiger partial charge in [0.05, 0.1) is 18.6 Å². The molecular formula is C25H42N3O5. The molecule has 1 aliphatic rings. The molecular weight excluding hydrogens is 422 g/mol. The number of hydrogen-bond donors (Lipinski definition) is 4. The molecule has 0 spiro atoms. The highest BCUT2D eigenvalue weighted by Crippen LogP contribution is 2.22. The molecule has 33 heavy (non-hydrogen) atoms. The Morgan fingerprint density at radius 2 is 1.55 bits per heavy atom. The zero-order valence-electron chi connectivity index (χ0n) is 21.1. The van der Waals surface area contributed by atoms with E-state index in [9.17, 15) is 19.5 Å². The number of carbonyl (C=O) groups excluding carboxylic acids is 3. The zero-order valence-corrected chi connectivity index (χ0v) is 21.1. The third-order valence-corrected chi connectivity index (χ3v) is 4.84. The lowest BCUT2D eigenvalue weighted by atomic mass is 9.96. The first kappa shape index (κ1) is 29.2. The summed E-state index contributed by atoms with van der Waals surface area (Å²) in [5.74, 6) is 0.638. The van der Waals surface area contributed by atoms with Crippen LogP contribution in [0, 0.1) is 43.4 Å². The van der Waals surface area contributed by atoms with Crippen molar-refractivity contribution in [1.29, 1.82) is 0 Å². The molecule has 0 heterocycles. The van der Waals surface area contributed by atoms with Crippen LogP contribution in [-0.4, -0.2) is 53.3 Å². The standard InChI is InChI=1S/C25H42N3O5/c1-16(2)12-19(28-24(32)33-25(5,6)7)21(29)14-22(30)27-20(13-17(3)4)23(31)26-15-18-10-8-9-11-18/h8-11,16-17,19-21,29H,12-15H2,1-7H3,(H,26,31)(H,27,30)(H,28,32)/t19-,20-,21-/m0/s1. The Kier molecular flexibility index (Phi) is 12.2. The topological polar surface area (TPSA) is 117 Å². The molecule has 0 unspecified atom stereocenters. The van der Waals surface area contributed by atoms with Crippen LogP contribution in [0.4, 0.5) is 4.79 Å². The Morgan fingerprint density at radius 3 is 2.06 bits per heavy atom. The van der Waals surface area contributed by atoms with Crippen molar-refractivity contribution in [2.24, 2.45) is 11.8 Å². The van der Waals surface area contributed by atoms with Crippen molar-refractivity contribution in [2.75, 3.05) is 6.54 Å². The molecule has 0 aromatic carbocycles. The van der Waals surface area contributed by atoms with Crippen LogP contribution in [0.15, 0.2) is 0 Å². The second-order valence-corrected chi connectivity index (χ2v) is 10.4. The molecule has 0 aromatic heterocycles. The molecule has 1 saturated carbocycles. The molecule has 8 heteroatoms. The van der Waals surface area contributed by atoms with Crippen molar-refractivity contribution < 1.29 is 24.2 Å². The normalized spacial score (nSPS) is 17.5. The number of alkyl carbamates (subject to hydrolysis) is 1. The van der Waals surface area contributed by atoms with Gasteiger partial charge in [0.25, 0.3) is 0 Å². The molecule has 0 bridgehead atoms. The third kappa shape index (κ3) is 12.8. The largest absolute Gasteiger partial charge is 0.444 e. The van der Waals surface area contributed by atoms with Crippen molar-refractivity contribution in [3.63, 3.8) is 0 Å². The Balaban J connectivity index is 2.69. The van der Waals surface area contributed by atoms with Gasteiger partial charge in [-0.15, -0.1) is 0 Å². The van der Waals surface area contributed by atoms with Crippen molar-refractivity contribution in [2.45, 2.75) is 91.5 Å². The maximum Gasteiger partial charge on any atom is 0.407 e. The molecule has 4 N–H and O–H groups in total. The molecule has 1 fully saturated rings. The number of ether oxygens (including phenoxy) is 1. The van der Waals surface area contributed by atoms with E-state index < -0.39 is 35.8 Å². The van der Waals surface area contributed by atoms with Gasteiger partial charge in [-0.05, 0) is 71.1 Å². The van der Waals surface area contributed by atoms with E-state index in [1.54, 1.807) is 20.8 Å². The number of nitrogens with one attached hydrogen (secondary N) is 3. The monoisotopic (exact) mass is 464 g/mol. The summed E-state index contributed by atoms with van der Waals surface area (Å²) in [5.41, 5.74) is -0.672. The van der Waals surface area contributed by atoms with Crippen LogP contribution >= 0.6 is 0 Å². The number of carbonyl (C=O) groups is 3. The summed E-state index contributed by atoms with van der Waals surface area (Å²) >= 11 is 0. The van der Waals surface area contributed by atoms with Crippen LogP contribution < -0.4 is 16.0 Å². The van der Waals surface area contributed by atoms with E-state index in [-0.39, 0.29) is 24.2 Å². The lowest BCUT2D eigenvalue weighted by molar-refractivity contribution is -0.130. The fraction of sp³-hybridized carbons (Fsp3) is 0.680. The quantitative estimate of drug-likeness (QED) is 0.354. The number of amides is 3. The van der Waals surface area contributed by atoms with E-state index in [2.05, 4.69) is 16.0 Å². The molecule has 8 nitrogen and oxygen atoms in total. The molecule has 0 aromatic rings. The number of hydrogen-bond acceptors (Lipinski definition) is 5. The first-order chi connectivity index (χ1) is 15.3. The fourth-order valence-corrected chi connectivity index (χ4v) is 3.41. The second kappa shape index (κ2) is 13.8. The number of aliphatic hydroxyl groups is 1. The minimum absolute atomic E-state index is 0.179. The molecule has 0 saturated heterocycles. The van der Waals surface area contributed by atoms with Crippen LogP contribution in [0.1, 0.15) is 67.7 Å². The summed E-state index contributed by atoms with van der Waals surface area (Å²) in [6.07, 6.45) is 6.58. The highest BCUT2D eigenvalue weighted by atomic mass is 16.6. The second-order valence-electron chi connectivity index (χ2n) is 10.4. The van der Waals surface area contributed by atoms with Gasteiger partial charge in [0.15, 0.2) is 0 Å². The smallest absolute Gasteiger partial charge is 0.407 e. The Bertz CT molecular complexity index is 624. The van der Waals surface area contributed by atoms with Gasteiger partial charge < -0.3 is 25.8 Å². The maximum absolute atomic E-state index is 12.7. The van der Waals surface area contributed by atoms with Gasteiger partial charge in [0, 0.05) is 12.5 Å². The summed E-state index contributed by atoms with van der Waals surface area (Å²) in [7, 11) is 0. The number of rotatable bonds is 12. The molecule has 5 radical (unpaired) electrons. The maximum atomic E-state index is 12.7. The molecule has 1 rings (SSSR count). The van der Waals surface area contributed by atoms with E-state index in [0.29, 0.717) is 19.4 Å². The van der Waals surface area contributed by atoms with Crippen LogP contribution in [-0.2, 0) is 14.3 Å². The van der Waals surface area contributed by atoms with Gasteiger partial charge in [0.2, 0.25) is 11.8 Å². The van der Waals surface area contributed by atoms with Gasteiger partial charge in [-0.1, -0.05) is 27.7 Å². The fourth-order valence-electron chi connectivity index (χ4n) is 3.41. The first-order valence-corrected chi connectivity index (χ1v) is 11.7. The summed E-state index contributed by atoms with van der Waals surface area (Å²) < 4.78 is 5.29. The predicted octanol–water partition coefficient (Wildman–Crippen LogP) is 2.73. The van der Waals surface area contributed by atoms with Crippen molar-refractivity contribution in [3.05, 3.63) is 31.6 Å². The van der Waals surface area contributed by atoms with E-state index in [4.69, 9.17) is 4.74 Å². The molecule has 0 aliphatic heterocycles. The lowest BCUT2D eigenvalue weighted by Crippen LogP contribution is -2.51. The Hall–Kier alpha value is -1.83. The third-order valence-electron chi connectivity index (χ3n) is 4.84. The summed E-state index contributed by atoms with van der Waals surface area (Å²) in [4.78, 5) is 37.6. The van der Waals surface area contributed by atoms with E-state index in [0.717, 1.165) is 5.92 Å². The molecule has 3 amide bonds. The summed E-state index contributed by atoms with van der Waals surface area (Å²) in [5, 5.41) is 19.0.